The molecule has 0 aromatic heterocycles. The summed E-state index contributed by atoms with van der Waals surface area (Å²) in [6.45, 7) is 3.99. The summed E-state index contributed by atoms with van der Waals surface area (Å²) in [4.78, 5) is 24.4. The van der Waals surface area contributed by atoms with Gasteiger partial charge in [0.05, 0.1) is 18.2 Å². The number of carboxylic acids is 1. The zero-order valence-electron chi connectivity index (χ0n) is 12.2. The second kappa shape index (κ2) is 7.87. The summed E-state index contributed by atoms with van der Waals surface area (Å²) in [6.07, 6.45) is 0. The maximum Gasteiger partial charge on any atom is 0.323 e. The molecule has 0 aliphatic rings. The number of hydrogen-bond donors (Lipinski definition) is 1. The van der Waals surface area contributed by atoms with Crippen LogP contribution in [0.5, 0.6) is 11.5 Å². The number of carbonyl (C=O) groups is 2. The number of benzene rings is 1. The van der Waals surface area contributed by atoms with Gasteiger partial charge in [-0.15, -0.1) is 0 Å². The van der Waals surface area contributed by atoms with Crippen molar-refractivity contribution >= 4 is 27.8 Å². The summed E-state index contributed by atoms with van der Waals surface area (Å²) in [5.41, 5.74) is 0.338. The van der Waals surface area contributed by atoms with Gasteiger partial charge in [-0.05, 0) is 41.9 Å². The Hall–Kier alpha value is -1.76. The molecule has 0 radical (unpaired) electrons. The van der Waals surface area contributed by atoms with Crippen molar-refractivity contribution in [2.75, 3.05) is 26.8 Å². The zero-order chi connectivity index (χ0) is 16.0. The van der Waals surface area contributed by atoms with Crippen molar-refractivity contribution in [2.45, 2.75) is 13.8 Å². The van der Waals surface area contributed by atoms with Gasteiger partial charge < -0.3 is 19.5 Å². The standard InChI is InChI=1S/C14H18BrNO5/c1-4-16(8-12(17)18)14(19)9-6-10(15)13(21-5-2)11(7-9)20-3/h6-7H,4-5,8H2,1-3H3,(H,17,18). The predicted octanol–water partition coefficient (Wildman–Crippen LogP) is 2.40. The van der Waals surface area contributed by atoms with Gasteiger partial charge in [-0.3, -0.25) is 9.59 Å². The van der Waals surface area contributed by atoms with Gasteiger partial charge in [0, 0.05) is 12.1 Å². The number of rotatable bonds is 7. The minimum atomic E-state index is -1.05. The van der Waals surface area contributed by atoms with Gasteiger partial charge in [-0.25, -0.2) is 0 Å². The van der Waals surface area contributed by atoms with Crippen LogP contribution in [0.4, 0.5) is 0 Å². The van der Waals surface area contributed by atoms with Gasteiger partial charge in [-0.1, -0.05) is 0 Å². The lowest BCUT2D eigenvalue weighted by molar-refractivity contribution is -0.137. The molecule has 0 heterocycles. The number of hydrogen-bond acceptors (Lipinski definition) is 4. The van der Waals surface area contributed by atoms with Crippen LogP contribution in [-0.4, -0.2) is 48.7 Å². The smallest absolute Gasteiger partial charge is 0.323 e. The Balaban J connectivity index is 3.15. The summed E-state index contributed by atoms with van der Waals surface area (Å²) < 4.78 is 11.3. The second-order valence-electron chi connectivity index (χ2n) is 4.14. The van der Waals surface area contributed by atoms with E-state index >= 15 is 0 Å². The van der Waals surface area contributed by atoms with Crippen LogP contribution < -0.4 is 9.47 Å². The molecule has 0 spiro atoms. The molecular formula is C14H18BrNO5. The van der Waals surface area contributed by atoms with E-state index in [2.05, 4.69) is 15.9 Å². The van der Waals surface area contributed by atoms with Crippen molar-refractivity contribution in [3.8, 4) is 11.5 Å². The topological polar surface area (TPSA) is 76.1 Å². The molecule has 21 heavy (non-hydrogen) atoms. The summed E-state index contributed by atoms with van der Waals surface area (Å²) in [5, 5.41) is 8.83. The third kappa shape index (κ3) is 4.35. The lowest BCUT2D eigenvalue weighted by atomic mass is 10.1. The number of aliphatic carboxylic acids is 1. The van der Waals surface area contributed by atoms with Crippen LogP contribution >= 0.6 is 15.9 Å². The van der Waals surface area contributed by atoms with Crippen molar-refractivity contribution in [3.63, 3.8) is 0 Å². The van der Waals surface area contributed by atoms with Crippen molar-refractivity contribution in [1.29, 1.82) is 0 Å². The summed E-state index contributed by atoms with van der Waals surface area (Å²) >= 11 is 3.34. The number of nitrogens with zero attached hydrogens (tertiary/aromatic N) is 1. The average molecular weight is 360 g/mol. The molecule has 0 fully saturated rings. The normalized spacial score (nSPS) is 10.1. The first kappa shape index (κ1) is 17.3. The van der Waals surface area contributed by atoms with E-state index in [4.69, 9.17) is 14.6 Å². The molecule has 1 amide bonds. The molecule has 116 valence electrons. The van der Waals surface area contributed by atoms with Crippen LogP contribution in [0, 0.1) is 0 Å². The summed E-state index contributed by atoms with van der Waals surface area (Å²) in [5.74, 6) is -0.497. The summed E-state index contributed by atoms with van der Waals surface area (Å²) in [6, 6.07) is 3.14. The molecule has 1 aromatic rings. The molecule has 0 saturated carbocycles. The fraction of sp³-hybridized carbons (Fsp3) is 0.429. The molecule has 0 aliphatic carbocycles. The largest absolute Gasteiger partial charge is 0.493 e. The molecule has 0 aliphatic heterocycles. The highest BCUT2D eigenvalue weighted by molar-refractivity contribution is 9.10. The minimum absolute atomic E-state index is 0.304. The number of carboxylic acid groups (broad SMARTS) is 1. The van der Waals surface area contributed by atoms with E-state index in [1.165, 1.54) is 12.0 Å². The molecule has 1 rings (SSSR count). The van der Waals surface area contributed by atoms with Crippen molar-refractivity contribution < 1.29 is 24.2 Å². The van der Waals surface area contributed by atoms with Gasteiger partial charge in [0.15, 0.2) is 11.5 Å². The van der Waals surface area contributed by atoms with E-state index < -0.39 is 5.97 Å². The van der Waals surface area contributed by atoms with Crippen LogP contribution in [0.3, 0.4) is 0 Å². The predicted molar refractivity (Wildman–Crippen MR) is 81.1 cm³/mol. The Morgan fingerprint density at radius 3 is 2.48 bits per heavy atom. The number of carbonyl (C=O) groups excluding carboxylic acids is 1. The maximum absolute atomic E-state index is 12.3. The molecule has 6 nitrogen and oxygen atoms in total. The van der Waals surface area contributed by atoms with Crippen LogP contribution in [0.1, 0.15) is 24.2 Å². The number of ether oxygens (including phenoxy) is 2. The Morgan fingerprint density at radius 2 is 2.00 bits per heavy atom. The first-order chi connectivity index (χ1) is 9.94. The van der Waals surface area contributed by atoms with E-state index in [0.717, 1.165) is 0 Å². The molecule has 0 saturated heterocycles. The SMILES string of the molecule is CCOc1c(Br)cc(C(=O)N(CC)CC(=O)O)cc1OC. The quantitative estimate of drug-likeness (QED) is 0.808. The minimum Gasteiger partial charge on any atom is -0.493 e. The third-order valence-corrected chi connectivity index (χ3v) is 3.35. The fourth-order valence-corrected chi connectivity index (χ4v) is 2.36. The lowest BCUT2D eigenvalue weighted by Gasteiger charge is -2.20. The molecule has 0 bridgehead atoms. The Kier molecular flexibility index (Phi) is 6.48. The van der Waals surface area contributed by atoms with E-state index in [9.17, 15) is 9.59 Å². The van der Waals surface area contributed by atoms with Crippen LogP contribution in [0.2, 0.25) is 0 Å². The molecule has 1 aromatic carbocycles. The first-order valence-electron chi connectivity index (χ1n) is 6.45. The summed E-state index contributed by atoms with van der Waals surface area (Å²) in [7, 11) is 1.48. The van der Waals surface area contributed by atoms with E-state index in [-0.39, 0.29) is 12.5 Å². The van der Waals surface area contributed by atoms with Crippen LogP contribution in [-0.2, 0) is 4.79 Å². The van der Waals surface area contributed by atoms with Crippen molar-refractivity contribution in [1.82, 2.24) is 4.90 Å². The van der Waals surface area contributed by atoms with Gasteiger partial charge in [-0.2, -0.15) is 0 Å². The lowest BCUT2D eigenvalue weighted by Crippen LogP contribution is -2.35. The van der Waals surface area contributed by atoms with E-state index in [1.54, 1.807) is 19.1 Å². The van der Waals surface area contributed by atoms with Gasteiger partial charge in [0.1, 0.15) is 6.54 Å². The molecule has 0 unspecified atom stereocenters. The highest BCUT2D eigenvalue weighted by Gasteiger charge is 2.20. The van der Waals surface area contributed by atoms with Gasteiger partial charge >= 0.3 is 5.97 Å². The Bertz CT molecular complexity index is 532. The number of amides is 1. The second-order valence-corrected chi connectivity index (χ2v) is 4.99. The number of halogens is 1. The fourth-order valence-electron chi connectivity index (χ4n) is 1.80. The van der Waals surface area contributed by atoms with Crippen molar-refractivity contribution in [2.24, 2.45) is 0 Å². The maximum atomic E-state index is 12.3. The van der Waals surface area contributed by atoms with Gasteiger partial charge in [0.25, 0.3) is 5.91 Å². The molecule has 7 heteroatoms. The van der Waals surface area contributed by atoms with E-state index in [1.807, 2.05) is 6.92 Å². The third-order valence-electron chi connectivity index (χ3n) is 2.76. The van der Waals surface area contributed by atoms with Crippen LogP contribution in [0.25, 0.3) is 0 Å². The van der Waals surface area contributed by atoms with Crippen LogP contribution in [0.15, 0.2) is 16.6 Å². The Morgan fingerprint density at radius 1 is 1.33 bits per heavy atom. The highest BCUT2D eigenvalue weighted by atomic mass is 79.9. The highest BCUT2D eigenvalue weighted by Crippen LogP contribution is 2.36. The Labute approximate surface area is 131 Å². The van der Waals surface area contributed by atoms with Gasteiger partial charge in [0.2, 0.25) is 0 Å². The number of methoxy groups -OCH3 is 1. The van der Waals surface area contributed by atoms with Crippen molar-refractivity contribution in [3.05, 3.63) is 22.2 Å². The zero-order valence-corrected chi connectivity index (χ0v) is 13.8. The number of likely N-dealkylation sites (N-methyl/N-ethyl adjacent to an activating group) is 1. The monoisotopic (exact) mass is 359 g/mol. The van der Waals surface area contributed by atoms with E-state index in [0.29, 0.717) is 34.7 Å². The molecule has 0 atom stereocenters. The first-order valence-corrected chi connectivity index (χ1v) is 7.25. The molecule has 1 N–H and O–H groups in total. The molecular weight excluding hydrogens is 342 g/mol. The average Bonchev–Trinajstić information content (AvgIpc) is 2.45.